The van der Waals surface area contributed by atoms with Crippen molar-refractivity contribution in [3.05, 3.63) is 53.1 Å². The standard InChI is InChI=1S/C23H25NO6/c1-2-29-21-10-5-8-17(18(21)13-25)23(28)24-12-4-3-7-16(24)15-30-22-11-6-9-20(27)19(22)14-26/h5-6,8-11,13-14,16,27H,2-4,7,12,15H2,1H3/t16-/m1/s1. The highest BCUT2D eigenvalue weighted by molar-refractivity contribution is 6.03. The van der Waals surface area contributed by atoms with Crippen LogP contribution in [0.3, 0.4) is 0 Å². The molecule has 0 spiro atoms. The number of phenolic OH excluding ortho intramolecular Hbond substituents is 1. The molecule has 158 valence electrons. The van der Waals surface area contributed by atoms with Crippen molar-refractivity contribution in [3.8, 4) is 17.2 Å². The maximum absolute atomic E-state index is 13.3. The lowest BCUT2D eigenvalue weighted by atomic mass is 9.99. The maximum Gasteiger partial charge on any atom is 0.255 e. The summed E-state index contributed by atoms with van der Waals surface area (Å²) in [6, 6.07) is 9.39. The zero-order valence-electron chi connectivity index (χ0n) is 16.9. The van der Waals surface area contributed by atoms with E-state index in [-0.39, 0.29) is 41.2 Å². The quantitative estimate of drug-likeness (QED) is 0.669. The van der Waals surface area contributed by atoms with Crippen LogP contribution in [0.4, 0.5) is 0 Å². The van der Waals surface area contributed by atoms with E-state index in [4.69, 9.17) is 9.47 Å². The smallest absolute Gasteiger partial charge is 0.255 e. The Hall–Kier alpha value is -3.35. The first-order chi connectivity index (χ1) is 14.6. The first-order valence-corrected chi connectivity index (χ1v) is 10.0. The van der Waals surface area contributed by atoms with Gasteiger partial charge in [-0.05, 0) is 50.5 Å². The minimum atomic E-state index is -0.251. The molecule has 2 aromatic rings. The summed E-state index contributed by atoms with van der Waals surface area (Å²) in [5.74, 6) is 0.259. The second kappa shape index (κ2) is 9.91. The lowest BCUT2D eigenvalue weighted by molar-refractivity contribution is 0.0524. The molecule has 0 aromatic heterocycles. The molecule has 1 fully saturated rings. The summed E-state index contributed by atoms with van der Waals surface area (Å²) in [5, 5.41) is 9.82. The van der Waals surface area contributed by atoms with E-state index in [9.17, 15) is 19.5 Å². The predicted molar refractivity (Wildman–Crippen MR) is 111 cm³/mol. The highest BCUT2D eigenvalue weighted by atomic mass is 16.5. The number of ether oxygens (including phenoxy) is 2. The van der Waals surface area contributed by atoms with E-state index in [0.717, 1.165) is 19.3 Å². The summed E-state index contributed by atoms with van der Waals surface area (Å²) in [6.45, 7) is 2.93. The van der Waals surface area contributed by atoms with Crippen molar-refractivity contribution >= 4 is 18.5 Å². The minimum Gasteiger partial charge on any atom is -0.507 e. The summed E-state index contributed by atoms with van der Waals surface area (Å²) in [6.07, 6.45) is 3.73. The molecular weight excluding hydrogens is 386 g/mol. The molecule has 0 saturated carbocycles. The molecule has 1 amide bonds. The molecule has 0 unspecified atom stereocenters. The molecule has 1 atom stereocenters. The molecule has 0 aliphatic carbocycles. The number of carbonyl (C=O) groups is 3. The van der Waals surface area contributed by atoms with E-state index >= 15 is 0 Å². The Balaban J connectivity index is 1.82. The number of carbonyl (C=O) groups excluding carboxylic acids is 3. The molecule has 1 heterocycles. The Morgan fingerprint density at radius 3 is 2.47 bits per heavy atom. The van der Waals surface area contributed by atoms with Gasteiger partial charge < -0.3 is 19.5 Å². The zero-order chi connectivity index (χ0) is 21.5. The van der Waals surface area contributed by atoms with E-state index in [2.05, 4.69) is 0 Å². The Morgan fingerprint density at radius 1 is 1.07 bits per heavy atom. The van der Waals surface area contributed by atoms with Crippen molar-refractivity contribution in [3.63, 3.8) is 0 Å². The number of benzene rings is 2. The van der Waals surface area contributed by atoms with Gasteiger partial charge in [0.15, 0.2) is 12.6 Å². The van der Waals surface area contributed by atoms with Gasteiger partial charge in [-0.1, -0.05) is 12.1 Å². The van der Waals surface area contributed by atoms with Crippen LogP contribution in [0.1, 0.15) is 57.3 Å². The summed E-state index contributed by atoms with van der Waals surface area (Å²) < 4.78 is 11.3. The van der Waals surface area contributed by atoms with Crippen LogP contribution in [0.15, 0.2) is 36.4 Å². The topological polar surface area (TPSA) is 93.1 Å². The predicted octanol–water partition coefficient (Wildman–Crippen LogP) is 3.49. The van der Waals surface area contributed by atoms with Crippen molar-refractivity contribution in [1.82, 2.24) is 4.90 Å². The first-order valence-electron chi connectivity index (χ1n) is 10.0. The molecule has 2 aromatic carbocycles. The van der Waals surface area contributed by atoms with E-state index in [1.165, 1.54) is 6.07 Å². The van der Waals surface area contributed by atoms with Crippen molar-refractivity contribution in [1.29, 1.82) is 0 Å². The third-order valence-corrected chi connectivity index (χ3v) is 5.19. The number of amides is 1. The molecule has 7 heteroatoms. The molecule has 1 aliphatic rings. The fourth-order valence-corrected chi connectivity index (χ4v) is 3.69. The van der Waals surface area contributed by atoms with Crippen LogP contribution < -0.4 is 9.47 Å². The van der Waals surface area contributed by atoms with Gasteiger partial charge in [0.2, 0.25) is 0 Å². The molecule has 0 bridgehead atoms. The van der Waals surface area contributed by atoms with Gasteiger partial charge in [-0.25, -0.2) is 0 Å². The lowest BCUT2D eigenvalue weighted by Gasteiger charge is -2.36. The van der Waals surface area contributed by atoms with Crippen LogP contribution in [0.2, 0.25) is 0 Å². The number of nitrogens with zero attached hydrogens (tertiary/aromatic N) is 1. The van der Waals surface area contributed by atoms with Crippen LogP contribution in [0, 0.1) is 0 Å². The Labute approximate surface area is 175 Å². The zero-order valence-corrected chi connectivity index (χ0v) is 16.9. The van der Waals surface area contributed by atoms with Gasteiger partial charge in [-0.15, -0.1) is 0 Å². The molecule has 7 nitrogen and oxygen atoms in total. The summed E-state index contributed by atoms with van der Waals surface area (Å²) >= 11 is 0. The second-order valence-electron chi connectivity index (χ2n) is 7.03. The highest BCUT2D eigenvalue weighted by Crippen LogP contribution is 2.28. The average Bonchev–Trinajstić information content (AvgIpc) is 2.77. The van der Waals surface area contributed by atoms with Crippen LogP contribution in [-0.2, 0) is 0 Å². The molecule has 0 radical (unpaired) electrons. The highest BCUT2D eigenvalue weighted by Gasteiger charge is 2.30. The third-order valence-electron chi connectivity index (χ3n) is 5.19. The SMILES string of the molecule is CCOc1cccc(C(=O)N2CCCC[C@@H]2COc2cccc(O)c2C=O)c1C=O. The number of rotatable bonds is 8. The van der Waals surface area contributed by atoms with Crippen LogP contribution in [0.25, 0.3) is 0 Å². The van der Waals surface area contributed by atoms with Crippen molar-refractivity contribution in [2.75, 3.05) is 19.8 Å². The van der Waals surface area contributed by atoms with Gasteiger partial charge in [0, 0.05) is 6.54 Å². The number of hydrogen-bond donors (Lipinski definition) is 1. The number of likely N-dealkylation sites (tertiary alicyclic amines) is 1. The van der Waals surface area contributed by atoms with Gasteiger partial charge in [0.25, 0.3) is 5.91 Å². The van der Waals surface area contributed by atoms with E-state index in [1.807, 2.05) is 6.92 Å². The van der Waals surface area contributed by atoms with Crippen molar-refractivity contribution < 1.29 is 29.0 Å². The van der Waals surface area contributed by atoms with Gasteiger partial charge in [-0.2, -0.15) is 0 Å². The van der Waals surface area contributed by atoms with E-state index < -0.39 is 0 Å². The van der Waals surface area contributed by atoms with Gasteiger partial charge in [0.05, 0.1) is 29.3 Å². The third kappa shape index (κ3) is 4.45. The fourth-order valence-electron chi connectivity index (χ4n) is 3.69. The summed E-state index contributed by atoms with van der Waals surface area (Å²) in [7, 11) is 0. The molecule has 3 rings (SSSR count). The summed E-state index contributed by atoms with van der Waals surface area (Å²) in [4.78, 5) is 37.9. The molecule has 1 saturated heterocycles. The number of phenols is 1. The molecular formula is C23H25NO6. The van der Waals surface area contributed by atoms with Crippen molar-refractivity contribution in [2.45, 2.75) is 32.2 Å². The molecule has 30 heavy (non-hydrogen) atoms. The molecule has 1 N–H and O–H groups in total. The van der Waals surface area contributed by atoms with Crippen LogP contribution in [0.5, 0.6) is 17.2 Å². The van der Waals surface area contributed by atoms with E-state index in [0.29, 0.717) is 37.0 Å². The van der Waals surface area contributed by atoms with Gasteiger partial charge >= 0.3 is 0 Å². The Kier molecular flexibility index (Phi) is 7.06. The largest absolute Gasteiger partial charge is 0.507 e. The average molecular weight is 411 g/mol. The lowest BCUT2D eigenvalue weighted by Crippen LogP contribution is -2.47. The number of piperidine rings is 1. The summed E-state index contributed by atoms with van der Waals surface area (Å²) in [5.41, 5.74) is 0.624. The maximum atomic E-state index is 13.3. The van der Waals surface area contributed by atoms with Crippen molar-refractivity contribution in [2.24, 2.45) is 0 Å². The van der Waals surface area contributed by atoms with Crippen LogP contribution in [-0.4, -0.2) is 54.3 Å². The second-order valence-corrected chi connectivity index (χ2v) is 7.03. The van der Waals surface area contributed by atoms with Gasteiger partial charge in [-0.3, -0.25) is 14.4 Å². The Morgan fingerprint density at radius 2 is 1.77 bits per heavy atom. The minimum absolute atomic E-state index is 0.0823. The molecule has 1 aliphatic heterocycles. The number of aldehydes is 2. The van der Waals surface area contributed by atoms with E-state index in [1.54, 1.807) is 35.2 Å². The van der Waals surface area contributed by atoms with Crippen LogP contribution >= 0.6 is 0 Å². The van der Waals surface area contributed by atoms with Gasteiger partial charge in [0.1, 0.15) is 23.9 Å². The monoisotopic (exact) mass is 411 g/mol. The Bertz CT molecular complexity index is 926. The fraction of sp³-hybridized carbons (Fsp3) is 0.348. The number of hydrogen-bond acceptors (Lipinski definition) is 6. The number of aromatic hydroxyl groups is 1. The normalized spacial score (nSPS) is 16.0. The first kappa shape index (κ1) is 21.4.